The Morgan fingerprint density at radius 1 is 1.05 bits per heavy atom. The lowest BCUT2D eigenvalue weighted by atomic mass is 10.2. The van der Waals surface area contributed by atoms with Gasteiger partial charge in [0.2, 0.25) is 9.76 Å². The maximum Gasteiger partial charge on any atom is 0.295 e. The van der Waals surface area contributed by atoms with Crippen LogP contribution in [0.5, 0.6) is 0 Å². The molecule has 5 heteroatoms. The molecule has 0 aliphatic heterocycles. The second kappa shape index (κ2) is 11.4. The quantitative estimate of drug-likeness (QED) is 0.457. The van der Waals surface area contributed by atoms with Crippen LogP contribution in [0.1, 0.15) is 67.7 Å². The van der Waals surface area contributed by atoms with E-state index < -0.39 is 8.32 Å². The van der Waals surface area contributed by atoms with Crippen LogP contribution in [0, 0.1) is 5.92 Å². The molecule has 0 heterocycles. The highest BCUT2D eigenvalue weighted by molar-refractivity contribution is 6.76. The molecule has 0 aromatic carbocycles. The summed E-state index contributed by atoms with van der Waals surface area (Å²) in [7, 11) is -1.59. The van der Waals surface area contributed by atoms with E-state index in [4.69, 9.17) is 8.85 Å². The molecule has 0 aliphatic carbocycles. The van der Waals surface area contributed by atoms with E-state index >= 15 is 0 Å². The van der Waals surface area contributed by atoms with Gasteiger partial charge in [-0.15, -0.1) is 0 Å². The number of rotatable bonds is 12. The third-order valence-electron chi connectivity index (χ3n) is 4.27. The predicted octanol–water partition coefficient (Wildman–Crippen LogP) is 5.19. The topological polar surface area (TPSA) is 35.5 Å². The smallest absolute Gasteiger partial charge is 0.295 e. The van der Waals surface area contributed by atoms with E-state index in [1.165, 1.54) is 0 Å². The Bertz CT molecular complexity index is 302. The third kappa shape index (κ3) is 7.42. The van der Waals surface area contributed by atoms with Crippen molar-refractivity contribution in [2.24, 2.45) is 5.92 Å². The lowest BCUT2D eigenvalue weighted by Crippen LogP contribution is -2.45. The van der Waals surface area contributed by atoms with Gasteiger partial charge in [0.1, 0.15) is 0 Å². The van der Waals surface area contributed by atoms with E-state index in [-0.39, 0.29) is 18.0 Å². The molecule has 0 bridgehead atoms. The molecule has 0 saturated heterocycles. The molecule has 22 heavy (non-hydrogen) atoms. The highest BCUT2D eigenvalue weighted by Gasteiger charge is 2.42. The summed E-state index contributed by atoms with van der Waals surface area (Å²) in [5.74, 6) is -0.0459. The van der Waals surface area contributed by atoms with E-state index in [1.807, 2.05) is 20.8 Å². The summed E-state index contributed by atoms with van der Waals surface area (Å²) in [6, 6.07) is 2.97. The summed E-state index contributed by atoms with van der Waals surface area (Å²) < 4.78 is 11.8. The van der Waals surface area contributed by atoms with Gasteiger partial charge in [0.05, 0.1) is 5.92 Å². The van der Waals surface area contributed by atoms with Crippen LogP contribution in [-0.4, -0.2) is 30.2 Å². The highest BCUT2D eigenvalue weighted by Crippen LogP contribution is 2.36. The molecule has 0 aromatic rings. The fraction of sp³-hybridized carbons (Fsp3) is 0.941. The first-order chi connectivity index (χ1) is 10.3. The molecule has 0 rings (SSSR count). The molecular weight excluding hydrogens is 308 g/mol. The minimum atomic E-state index is -1.97. The van der Waals surface area contributed by atoms with Gasteiger partial charge >= 0.3 is 0 Å². The van der Waals surface area contributed by atoms with Gasteiger partial charge in [0.25, 0.3) is 14.3 Å². The first-order valence-electron chi connectivity index (χ1n) is 8.94. The van der Waals surface area contributed by atoms with Crippen LogP contribution < -0.4 is 0 Å². The molecule has 0 fully saturated rings. The molecule has 2 atom stereocenters. The Balaban J connectivity index is 4.78. The highest BCUT2D eigenvalue weighted by atomic mass is 28.4. The van der Waals surface area contributed by atoms with Crippen molar-refractivity contribution in [2.45, 2.75) is 97.5 Å². The molecule has 2 radical (unpaired) electrons. The first-order valence-corrected chi connectivity index (χ1v) is 12.5. The van der Waals surface area contributed by atoms with Gasteiger partial charge in [-0.05, 0) is 37.5 Å². The molecule has 0 aromatic heterocycles. The van der Waals surface area contributed by atoms with Crippen LogP contribution in [0.15, 0.2) is 0 Å². The Hall–Kier alpha value is -0.136. The Kier molecular flexibility index (Phi) is 11.3. The summed E-state index contributed by atoms with van der Waals surface area (Å²) >= 11 is 0. The van der Waals surface area contributed by atoms with Crippen molar-refractivity contribution in [3.8, 4) is 0 Å². The van der Waals surface area contributed by atoms with Crippen LogP contribution in [0.2, 0.25) is 23.7 Å². The molecule has 0 amide bonds. The summed E-state index contributed by atoms with van der Waals surface area (Å²) in [6.07, 6.45) is 3.55. The van der Waals surface area contributed by atoms with Crippen molar-refractivity contribution in [3.05, 3.63) is 0 Å². The molecule has 0 aliphatic rings. The van der Waals surface area contributed by atoms with Gasteiger partial charge in [-0.2, -0.15) is 0 Å². The molecular formula is C17H36O3Si2. The maximum absolute atomic E-state index is 12.6. The Morgan fingerprint density at radius 3 is 2.00 bits per heavy atom. The molecule has 0 saturated carbocycles. The number of hydrogen-bond acceptors (Lipinski definition) is 3. The van der Waals surface area contributed by atoms with Crippen molar-refractivity contribution in [2.75, 3.05) is 0 Å². The lowest BCUT2D eigenvalue weighted by molar-refractivity contribution is -0.139. The van der Waals surface area contributed by atoms with Crippen LogP contribution in [0.3, 0.4) is 0 Å². The van der Waals surface area contributed by atoms with Gasteiger partial charge in [0.15, 0.2) is 0 Å². The van der Waals surface area contributed by atoms with E-state index in [1.54, 1.807) is 0 Å². The minimum absolute atomic E-state index is 0.00808. The lowest BCUT2D eigenvalue weighted by Gasteiger charge is -2.36. The SMILES string of the molecule is CCC[Si](CCC)(OC(=O)C(C)C[Si]OC(C)C)C(C)CC. The van der Waals surface area contributed by atoms with E-state index in [0.717, 1.165) is 37.4 Å². The standard InChI is InChI=1S/C17H36O3Si2/c1-8-11-22(12-9-2,16(7)10-3)20-17(18)15(6)13-21-19-14(4)5/h14-16H,8-13H2,1-7H3. The van der Waals surface area contributed by atoms with E-state index in [9.17, 15) is 4.79 Å². The zero-order valence-corrected chi connectivity index (χ0v) is 17.7. The number of hydrogen-bond donors (Lipinski definition) is 0. The van der Waals surface area contributed by atoms with Gasteiger partial charge in [-0.1, -0.05) is 53.9 Å². The normalized spacial score (nSPS) is 14.9. The predicted molar refractivity (Wildman–Crippen MR) is 97.7 cm³/mol. The van der Waals surface area contributed by atoms with Crippen LogP contribution in [0.4, 0.5) is 0 Å². The number of carbonyl (C=O) groups is 1. The van der Waals surface area contributed by atoms with Crippen molar-refractivity contribution >= 4 is 24.0 Å². The van der Waals surface area contributed by atoms with Gasteiger partial charge in [-0.3, -0.25) is 4.79 Å². The number of carbonyl (C=O) groups excluding carboxylic acids is 1. The van der Waals surface area contributed by atoms with Gasteiger partial charge in [-0.25, -0.2) is 0 Å². The zero-order chi connectivity index (χ0) is 17.2. The van der Waals surface area contributed by atoms with Crippen LogP contribution in [0.25, 0.3) is 0 Å². The van der Waals surface area contributed by atoms with Crippen LogP contribution in [-0.2, 0) is 13.6 Å². The summed E-state index contributed by atoms with van der Waals surface area (Å²) in [5, 5.41) is 0. The summed E-state index contributed by atoms with van der Waals surface area (Å²) in [4.78, 5) is 12.6. The second-order valence-corrected chi connectivity index (χ2v) is 12.0. The average molecular weight is 345 g/mol. The summed E-state index contributed by atoms with van der Waals surface area (Å²) in [6.45, 7) is 14.9. The van der Waals surface area contributed by atoms with Gasteiger partial charge < -0.3 is 8.85 Å². The van der Waals surface area contributed by atoms with Crippen molar-refractivity contribution in [1.29, 1.82) is 0 Å². The monoisotopic (exact) mass is 344 g/mol. The first kappa shape index (κ1) is 21.9. The fourth-order valence-electron chi connectivity index (χ4n) is 2.76. The van der Waals surface area contributed by atoms with E-state index in [0.29, 0.717) is 15.3 Å². The molecule has 0 spiro atoms. The Morgan fingerprint density at radius 2 is 1.59 bits per heavy atom. The molecule has 130 valence electrons. The van der Waals surface area contributed by atoms with Crippen molar-refractivity contribution < 1.29 is 13.6 Å². The fourth-order valence-corrected chi connectivity index (χ4v) is 8.29. The molecule has 0 N–H and O–H groups in total. The largest absolute Gasteiger partial charge is 0.519 e. The average Bonchev–Trinajstić information content (AvgIpc) is 2.46. The molecule has 3 nitrogen and oxygen atoms in total. The van der Waals surface area contributed by atoms with Crippen molar-refractivity contribution in [1.82, 2.24) is 0 Å². The zero-order valence-electron chi connectivity index (χ0n) is 15.7. The van der Waals surface area contributed by atoms with E-state index in [2.05, 4.69) is 27.7 Å². The van der Waals surface area contributed by atoms with Gasteiger partial charge in [0, 0.05) is 6.10 Å². The third-order valence-corrected chi connectivity index (χ3v) is 11.2. The second-order valence-electron chi connectivity index (χ2n) is 6.71. The molecule has 2 unspecified atom stereocenters. The van der Waals surface area contributed by atoms with Crippen LogP contribution >= 0.6 is 0 Å². The minimum Gasteiger partial charge on any atom is -0.519 e. The maximum atomic E-state index is 12.6. The Labute approximate surface area is 141 Å². The summed E-state index contributed by atoms with van der Waals surface area (Å²) in [5.41, 5.74) is 0.540. The van der Waals surface area contributed by atoms with Crippen molar-refractivity contribution in [3.63, 3.8) is 0 Å².